The number of aldehydes is 1. The van der Waals surface area contributed by atoms with Crippen molar-refractivity contribution in [3.63, 3.8) is 0 Å². The van der Waals surface area contributed by atoms with Gasteiger partial charge < -0.3 is 9.88 Å². The number of hydrogen-bond acceptors (Lipinski definition) is 3. The summed E-state index contributed by atoms with van der Waals surface area (Å²) in [4.78, 5) is 31.1. The highest BCUT2D eigenvalue weighted by Crippen LogP contribution is 2.20. The number of piperazine rings is 1. The summed E-state index contributed by atoms with van der Waals surface area (Å²) in [5, 5.41) is 0.831. The molecule has 0 bridgehead atoms. The zero-order valence-electron chi connectivity index (χ0n) is 15.5. The summed E-state index contributed by atoms with van der Waals surface area (Å²) in [5.74, 6) is -0.196. The molecule has 28 heavy (non-hydrogen) atoms. The van der Waals surface area contributed by atoms with Crippen molar-refractivity contribution in [2.75, 3.05) is 32.7 Å². The topological polar surface area (TPSA) is 56.4 Å². The molecule has 0 saturated carbocycles. The van der Waals surface area contributed by atoms with Gasteiger partial charge in [-0.2, -0.15) is 0 Å². The standard InChI is InChI=1S/C22H22FN3O2/c23-19-4-1-16(2-5-19)7-8-25-9-11-26(12-10-25)22(28)17-3-6-20-18(15-27)14-24-21(20)13-17/h1-6,13-15,24H,7-12H2. The van der Waals surface area contributed by atoms with Crippen molar-refractivity contribution >= 4 is 23.1 Å². The molecular formula is C22H22FN3O2. The summed E-state index contributed by atoms with van der Waals surface area (Å²) in [7, 11) is 0. The molecular weight excluding hydrogens is 357 g/mol. The van der Waals surface area contributed by atoms with E-state index in [0.29, 0.717) is 24.2 Å². The number of fused-ring (bicyclic) bond motifs is 1. The number of nitrogens with one attached hydrogen (secondary N) is 1. The Kier molecular flexibility index (Phi) is 5.21. The fourth-order valence-corrected chi connectivity index (χ4v) is 3.67. The average Bonchev–Trinajstić information content (AvgIpc) is 3.15. The minimum Gasteiger partial charge on any atom is -0.360 e. The molecule has 2 aromatic carbocycles. The molecule has 2 heterocycles. The van der Waals surface area contributed by atoms with E-state index in [4.69, 9.17) is 0 Å². The molecule has 144 valence electrons. The highest BCUT2D eigenvalue weighted by Gasteiger charge is 2.22. The zero-order valence-corrected chi connectivity index (χ0v) is 15.5. The Hall–Kier alpha value is -2.99. The first-order chi connectivity index (χ1) is 13.6. The lowest BCUT2D eigenvalue weighted by Crippen LogP contribution is -2.49. The monoisotopic (exact) mass is 379 g/mol. The van der Waals surface area contributed by atoms with Crippen molar-refractivity contribution in [1.29, 1.82) is 0 Å². The number of aromatic amines is 1. The third-order valence-corrected chi connectivity index (χ3v) is 5.38. The summed E-state index contributed by atoms with van der Waals surface area (Å²) in [6, 6.07) is 12.0. The van der Waals surface area contributed by atoms with Crippen LogP contribution < -0.4 is 0 Å². The maximum Gasteiger partial charge on any atom is 0.254 e. The Balaban J connectivity index is 1.33. The molecule has 0 aliphatic carbocycles. The Labute approximate surface area is 162 Å². The van der Waals surface area contributed by atoms with Crippen LogP contribution in [0.2, 0.25) is 0 Å². The number of amides is 1. The van der Waals surface area contributed by atoms with Crippen LogP contribution in [0.15, 0.2) is 48.7 Å². The van der Waals surface area contributed by atoms with Gasteiger partial charge in [0.15, 0.2) is 6.29 Å². The summed E-state index contributed by atoms with van der Waals surface area (Å²) in [6.45, 7) is 3.92. The van der Waals surface area contributed by atoms with Crippen molar-refractivity contribution in [2.24, 2.45) is 0 Å². The smallest absolute Gasteiger partial charge is 0.254 e. The number of halogens is 1. The molecule has 5 nitrogen and oxygen atoms in total. The highest BCUT2D eigenvalue weighted by molar-refractivity contribution is 6.02. The molecule has 1 aliphatic heterocycles. The van der Waals surface area contributed by atoms with Crippen LogP contribution >= 0.6 is 0 Å². The molecule has 1 N–H and O–H groups in total. The number of carbonyl (C=O) groups excluding carboxylic acids is 2. The second-order valence-electron chi connectivity index (χ2n) is 7.13. The van der Waals surface area contributed by atoms with Gasteiger partial charge in [0.1, 0.15) is 5.82 Å². The summed E-state index contributed by atoms with van der Waals surface area (Å²) in [6.07, 6.45) is 3.34. The predicted octanol–water partition coefficient (Wildman–Crippen LogP) is 3.12. The Morgan fingerprint density at radius 3 is 2.54 bits per heavy atom. The van der Waals surface area contributed by atoms with Crippen LogP contribution in [0.25, 0.3) is 10.9 Å². The van der Waals surface area contributed by atoms with E-state index in [-0.39, 0.29) is 11.7 Å². The number of hydrogen-bond donors (Lipinski definition) is 1. The van der Waals surface area contributed by atoms with Crippen LogP contribution in [-0.4, -0.2) is 59.7 Å². The van der Waals surface area contributed by atoms with E-state index in [1.54, 1.807) is 12.3 Å². The molecule has 1 aliphatic rings. The van der Waals surface area contributed by atoms with E-state index in [2.05, 4.69) is 9.88 Å². The predicted molar refractivity (Wildman–Crippen MR) is 106 cm³/mol. The lowest BCUT2D eigenvalue weighted by atomic mass is 10.1. The van der Waals surface area contributed by atoms with Crippen molar-refractivity contribution in [1.82, 2.24) is 14.8 Å². The van der Waals surface area contributed by atoms with Crippen molar-refractivity contribution in [2.45, 2.75) is 6.42 Å². The molecule has 1 amide bonds. The SMILES string of the molecule is O=Cc1c[nH]c2cc(C(=O)N3CCN(CCc4ccc(F)cc4)CC3)ccc12. The summed E-state index contributed by atoms with van der Waals surface area (Å²) < 4.78 is 13.0. The first kappa shape index (κ1) is 18.4. The quantitative estimate of drug-likeness (QED) is 0.693. The highest BCUT2D eigenvalue weighted by atomic mass is 19.1. The van der Waals surface area contributed by atoms with Gasteiger partial charge in [-0.3, -0.25) is 14.5 Å². The molecule has 1 aromatic heterocycles. The number of benzene rings is 2. The van der Waals surface area contributed by atoms with Crippen LogP contribution in [0.4, 0.5) is 4.39 Å². The number of rotatable bonds is 5. The average molecular weight is 379 g/mol. The van der Waals surface area contributed by atoms with Crippen LogP contribution in [-0.2, 0) is 6.42 Å². The molecule has 0 atom stereocenters. The molecule has 0 radical (unpaired) electrons. The van der Waals surface area contributed by atoms with Crippen LogP contribution in [0, 0.1) is 5.82 Å². The second-order valence-corrected chi connectivity index (χ2v) is 7.13. The summed E-state index contributed by atoms with van der Waals surface area (Å²) >= 11 is 0. The first-order valence-electron chi connectivity index (χ1n) is 9.46. The van der Waals surface area contributed by atoms with Gasteiger partial charge in [-0.1, -0.05) is 18.2 Å². The number of H-pyrrole nitrogens is 1. The fourth-order valence-electron chi connectivity index (χ4n) is 3.67. The minimum atomic E-state index is -0.212. The van der Waals surface area contributed by atoms with Crippen LogP contribution in [0.1, 0.15) is 26.3 Å². The van der Waals surface area contributed by atoms with Gasteiger partial charge in [0.05, 0.1) is 0 Å². The Morgan fingerprint density at radius 2 is 1.82 bits per heavy atom. The minimum absolute atomic E-state index is 0.0161. The van der Waals surface area contributed by atoms with Crippen LogP contribution in [0.3, 0.4) is 0 Å². The van der Waals surface area contributed by atoms with Gasteiger partial charge >= 0.3 is 0 Å². The van der Waals surface area contributed by atoms with E-state index in [9.17, 15) is 14.0 Å². The molecule has 4 rings (SSSR count). The van der Waals surface area contributed by atoms with Gasteiger partial charge in [-0.15, -0.1) is 0 Å². The molecule has 1 fully saturated rings. The van der Waals surface area contributed by atoms with Gasteiger partial charge in [0, 0.05) is 61.0 Å². The molecule has 6 heteroatoms. The number of aromatic nitrogens is 1. The second kappa shape index (κ2) is 7.94. The van der Waals surface area contributed by atoms with E-state index in [1.165, 1.54) is 12.1 Å². The summed E-state index contributed by atoms with van der Waals surface area (Å²) in [5.41, 5.74) is 3.15. The van der Waals surface area contributed by atoms with Crippen molar-refractivity contribution < 1.29 is 14.0 Å². The molecule has 1 saturated heterocycles. The van der Waals surface area contributed by atoms with Gasteiger partial charge in [-0.25, -0.2) is 4.39 Å². The lowest BCUT2D eigenvalue weighted by Gasteiger charge is -2.34. The third-order valence-electron chi connectivity index (χ3n) is 5.38. The van der Waals surface area contributed by atoms with Crippen molar-refractivity contribution in [3.8, 4) is 0 Å². The molecule has 0 unspecified atom stereocenters. The lowest BCUT2D eigenvalue weighted by molar-refractivity contribution is 0.0638. The Bertz CT molecular complexity index is 989. The zero-order chi connectivity index (χ0) is 19.5. The van der Waals surface area contributed by atoms with E-state index < -0.39 is 0 Å². The largest absolute Gasteiger partial charge is 0.360 e. The van der Waals surface area contributed by atoms with Gasteiger partial charge in [0.2, 0.25) is 0 Å². The van der Waals surface area contributed by atoms with Crippen molar-refractivity contribution in [3.05, 3.63) is 71.2 Å². The third kappa shape index (κ3) is 3.82. The normalized spacial score (nSPS) is 15.1. The van der Waals surface area contributed by atoms with E-state index >= 15 is 0 Å². The first-order valence-corrected chi connectivity index (χ1v) is 9.46. The maximum atomic E-state index is 13.0. The number of nitrogens with zero attached hydrogens (tertiary/aromatic N) is 2. The molecule has 0 spiro atoms. The molecule has 3 aromatic rings. The van der Waals surface area contributed by atoms with Gasteiger partial charge in [-0.05, 0) is 36.2 Å². The fraction of sp³-hybridized carbons (Fsp3) is 0.273. The van der Waals surface area contributed by atoms with E-state index in [1.807, 2.05) is 29.2 Å². The van der Waals surface area contributed by atoms with Crippen LogP contribution in [0.5, 0.6) is 0 Å². The maximum absolute atomic E-state index is 13.0. The van der Waals surface area contributed by atoms with Gasteiger partial charge in [0.25, 0.3) is 5.91 Å². The number of carbonyl (C=O) groups is 2. The van der Waals surface area contributed by atoms with E-state index in [0.717, 1.165) is 48.8 Å². The Morgan fingerprint density at radius 1 is 1.07 bits per heavy atom.